The second-order valence-corrected chi connectivity index (χ2v) is 9.17. The zero-order valence-electron chi connectivity index (χ0n) is 15.0. The lowest BCUT2D eigenvalue weighted by molar-refractivity contribution is -0.129. The van der Waals surface area contributed by atoms with Crippen LogP contribution in [0.25, 0.3) is 0 Å². The Kier molecular flexibility index (Phi) is 6.08. The van der Waals surface area contributed by atoms with Crippen LogP contribution in [0.2, 0.25) is 5.02 Å². The van der Waals surface area contributed by atoms with E-state index in [4.69, 9.17) is 16.3 Å². The van der Waals surface area contributed by atoms with Crippen molar-refractivity contribution in [2.24, 2.45) is 0 Å². The van der Waals surface area contributed by atoms with Crippen molar-refractivity contribution in [3.8, 4) is 0 Å². The number of rotatable bonds is 7. The maximum atomic E-state index is 12.4. The molecule has 1 aromatic rings. The molecule has 1 amide bonds. The molecule has 1 aromatic carbocycles. The van der Waals surface area contributed by atoms with E-state index in [0.717, 1.165) is 38.5 Å². The number of halogens is 1. The van der Waals surface area contributed by atoms with Crippen LogP contribution in [0.15, 0.2) is 23.1 Å². The topological polar surface area (TPSA) is 102 Å². The summed E-state index contributed by atoms with van der Waals surface area (Å²) < 4.78 is 32.5. The lowest BCUT2D eigenvalue weighted by Gasteiger charge is -2.17. The first-order chi connectivity index (χ1) is 12.8. The van der Waals surface area contributed by atoms with E-state index in [1.54, 1.807) is 0 Å². The number of hydrogen-bond acceptors (Lipinski definition) is 5. The van der Waals surface area contributed by atoms with Crippen LogP contribution in [0.5, 0.6) is 0 Å². The van der Waals surface area contributed by atoms with Crippen LogP contribution in [0, 0.1) is 0 Å². The Morgan fingerprint density at radius 2 is 1.81 bits per heavy atom. The fraction of sp³-hybridized carbons (Fsp3) is 0.556. The van der Waals surface area contributed by atoms with Gasteiger partial charge in [0, 0.05) is 12.1 Å². The minimum atomic E-state index is -3.81. The molecular formula is C18H23ClN2O5S. The standard InChI is InChI=1S/C18H23ClN2O5S/c1-11(17(22)20-13-4-2-3-5-13)26-18(23)12-6-9-15(19)16(10-12)27(24,25)21-14-7-8-14/h6,9-11,13-14,21H,2-5,7-8H2,1H3,(H,20,22)/t11-/m0/s1. The van der Waals surface area contributed by atoms with E-state index >= 15 is 0 Å². The van der Waals surface area contributed by atoms with Gasteiger partial charge in [-0.1, -0.05) is 24.4 Å². The van der Waals surface area contributed by atoms with Gasteiger partial charge in [0.05, 0.1) is 10.6 Å². The molecule has 0 radical (unpaired) electrons. The Hall–Kier alpha value is -1.64. The van der Waals surface area contributed by atoms with E-state index in [0.29, 0.717) is 0 Å². The predicted molar refractivity (Wildman–Crippen MR) is 100 cm³/mol. The number of ether oxygens (including phenoxy) is 1. The summed E-state index contributed by atoms with van der Waals surface area (Å²) in [7, 11) is -3.81. The normalized spacial score (nSPS) is 18.9. The maximum Gasteiger partial charge on any atom is 0.338 e. The minimum absolute atomic E-state index is 0.0201. The number of hydrogen-bond donors (Lipinski definition) is 2. The first-order valence-electron chi connectivity index (χ1n) is 9.09. The summed E-state index contributed by atoms with van der Waals surface area (Å²) in [6.45, 7) is 1.49. The van der Waals surface area contributed by atoms with E-state index in [1.807, 2.05) is 0 Å². The molecule has 9 heteroatoms. The second kappa shape index (κ2) is 8.16. The highest BCUT2D eigenvalue weighted by Gasteiger charge is 2.30. The average molecular weight is 415 g/mol. The molecule has 0 unspecified atom stereocenters. The Morgan fingerprint density at radius 1 is 1.15 bits per heavy atom. The molecule has 2 fully saturated rings. The van der Waals surface area contributed by atoms with Crippen LogP contribution in [0.1, 0.15) is 55.8 Å². The van der Waals surface area contributed by atoms with Gasteiger partial charge in [-0.2, -0.15) is 0 Å². The van der Waals surface area contributed by atoms with Gasteiger partial charge in [0.2, 0.25) is 10.0 Å². The van der Waals surface area contributed by atoms with Gasteiger partial charge in [-0.25, -0.2) is 17.9 Å². The third kappa shape index (κ3) is 5.21. The maximum absolute atomic E-state index is 12.4. The molecule has 1 atom stereocenters. The molecule has 0 saturated heterocycles. The molecule has 2 saturated carbocycles. The molecule has 0 bridgehead atoms. The predicted octanol–water partition coefficient (Wildman–Crippen LogP) is 2.38. The number of benzene rings is 1. The number of carbonyl (C=O) groups is 2. The van der Waals surface area contributed by atoms with Gasteiger partial charge in [0.15, 0.2) is 6.10 Å². The van der Waals surface area contributed by atoms with Gasteiger partial charge in [-0.05, 0) is 50.8 Å². The molecule has 27 heavy (non-hydrogen) atoms. The zero-order chi connectivity index (χ0) is 19.6. The van der Waals surface area contributed by atoms with Crippen LogP contribution < -0.4 is 10.0 Å². The monoisotopic (exact) mass is 414 g/mol. The Bertz CT molecular complexity index is 832. The molecule has 2 aliphatic rings. The highest BCUT2D eigenvalue weighted by molar-refractivity contribution is 7.89. The molecule has 3 rings (SSSR count). The van der Waals surface area contributed by atoms with Gasteiger partial charge >= 0.3 is 5.97 Å². The number of esters is 1. The van der Waals surface area contributed by atoms with Gasteiger partial charge < -0.3 is 10.1 Å². The second-order valence-electron chi connectivity index (χ2n) is 7.08. The Morgan fingerprint density at radius 3 is 2.44 bits per heavy atom. The van der Waals surface area contributed by atoms with Gasteiger partial charge in [0.1, 0.15) is 4.90 Å². The highest BCUT2D eigenvalue weighted by atomic mass is 35.5. The SMILES string of the molecule is C[C@H](OC(=O)c1ccc(Cl)c(S(=O)(=O)NC2CC2)c1)C(=O)NC1CCCC1. The van der Waals surface area contributed by atoms with E-state index < -0.39 is 22.1 Å². The van der Waals surface area contributed by atoms with Crippen molar-refractivity contribution in [1.29, 1.82) is 0 Å². The fourth-order valence-electron chi connectivity index (χ4n) is 2.99. The summed E-state index contributed by atoms with van der Waals surface area (Å²) in [6.07, 6.45) is 4.61. The van der Waals surface area contributed by atoms with E-state index in [1.165, 1.54) is 25.1 Å². The van der Waals surface area contributed by atoms with E-state index in [9.17, 15) is 18.0 Å². The summed E-state index contributed by atoms with van der Waals surface area (Å²) in [5, 5.41) is 2.89. The summed E-state index contributed by atoms with van der Waals surface area (Å²) in [6, 6.07) is 3.93. The molecule has 2 N–H and O–H groups in total. The Labute approximate surface area is 163 Å². The van der Waals surface area contributed by atoms with Crippen LogP contribution >= 0.6 is 11.6 Å². The number of sulfonamides is 1. The molecule has 7 nitrogen and oxygen atoms in total. The van der Waals surface area contributed by atoms with Crippen molar-refractivity contribution in [2.75, 3.05) is 0 Å². The summed E-state index contributed by atoms with van der Waals surface area (Å²) in [4.78, 5) is 24.3. The zero-order valence-corrected chi connectivity index (χ0v) is 16.6. The van der Waals surface area contributed by atoms with Crippen LogP contribution in [0.3, 0.4) is 0 Å². The van der Waals surface area contributed by atoms with Crippen molar-refractivity contribution in [1.82, 2.24) is 10.0 Å². The molecule has 0 heterocycles. The van der Waals surface area contributed by atoms with Gasteiger partial charge in [-0.3, -0.25) is 4.79 Å². The lowest BCUT2D eigenvalue weighted by atomic mass is 10.2. The summed E-state index contributed by atoms with van der Waals surface area (Å²) in [5.41, 5.74) is 0.0242. The first-order valence-corrected chi connectivity index (χ1v) is 11.0. The van der Waals surface area contributed by atoms with Crippen LogP contribution in [-0.2, 0) is 19.6 Å². The molecular weight excluding hydrogens is 392 g/mol. The summed E-state index contributed by atoms with van der Waals surface area (Å²) in [5.74, 6) is -1.13. The number of carbonyl (C=O) groups excluding carboxylic acids is 2. The molecule has 2 aliphatic carbocycles. The van der Waals surface area contributed by atoms with Gasteiger partial charge in [-0.15, -0.1) is 0 Å². The highest BCUT2D eigenvalue weighted by Crippen LogP contribution is 2.27. The van der Waals surface area contributed by atoms with Crippen LogP contribution in [-0.4, -0.2) is 38.5 Å². The molecule has 0 spiro atoms. The molecule has 148 valence electrons. The summed E-state index contributed by atoms with van der Waals surface area (Å²) >= 11 is 6.01. The van der Waals surface area contributed by atoms with E-state index in [2.05, 4.69) is 10.0 Å². The van der Waals surface area contributed by atoms with Crippen molar-refractivity contribution < 1.29 is 22.7 Å². The minimum Gasteiger partial charge on any atom is -0.449 e. The number of amides is 1. The van der Waals surface area contributed by atoms with Crippen molar-refractivity contribution in [3.63, 3.8) is 0 Å². The van der Waals surface area contributed by atoms with Crippen molar-refractivity contribution >= 4 is 33.5 Å². The fourth-order valence-corrected chi connectivity index (χ4v) is 4.82. The lowest BCUT2D eigenvalue weighted by Crippen LogP contribution is -2.40. The van der Waals surface area contributed by atoms with Crippen molar-refractivity contribution in [3.05, 3.63) is 28.8 Å². The molecule has 0 aromatic heterocycles. The largest absolute Gasteiger partial charge is 0.449 e. The Balaban J connectivity index is 1.67. The number of nitrogens with one attached hydrogen (secondary N) is 2. The van der Waals surface area contributed by atoms with Gasteiger partial charge in [0.25, 0.3) is 5.91 Å². The smallest absolute Gasteiger partial charge is 0.338 e. The third-order valence-corrected chi connectivity index (χ3v) is 6.71. The van der Waals surface area contributed by atoms with Crippen LogP contribution in [0.4, 0.5) is 0 Å². The quantitative estimate of drug-likeness (QED) is 0.667. The van der Waals surface area contributed by atoms with E-state index in [-0.39, 0.29) is 33.5 Å². The average Bonchev–Trinajstić information content (AvgIpc) is 3.26. The van der Waals surface area contributed by atoms with Crippen molar-refractivity contribution in [2.45, 2.75) is 68.5 Å². The molecule has 0 aliphatic heterocycles. The third-order valence-electron chi connectivity index (χ3n) is 4.71. The first kappa shape index (κ1) is 20.1.